The van der Waals surface area contributed by atoms with Crippen LogP contribution >= 0.6 is 8.53 Å². The highest BCUT2D eigenvalue weighted by atomic mass is 31.2. The van der Waals surface area contributed by atoms with Crippen LogP contribution in [0, 0.1) is 17.2 Å². The largest absolute Gasteiger partial charge is 0.497 e. The molecule has 4 aromatic rings. The number of benzene rings is 3. The van der Waals surface area contributed by atoms with Crippen LogP contribution in [0.25, 0.3) is 0 Å². The summed E-state index contributed by atoms with van der Waals surface area (Å²) >= 11 is 0. The standard InChI is InChI=1S/C46H52F6N5O10P/c1-29(2)57(30(3)4)68(65-25-11-23-53)67-40-37(26-64-44(32-12-9-8-10-13-32,33-14-18-35(60-6)19-15-33)34-16-20-36(61-7)21-17-34)66-42(56-24-22-39(54-31(5)58)55-43(56)59)41(40)63-28-62-27-38(45(47,48)49)46(50,51)52/h8-10,12-22,24,29-30,38,41-42H,11,25-28H2,1-7H3,(H,54,55,58,59)/t41?,42-,68?/m1/s1. The van der Waals surface area contributed by atoms with Crippen molar-refractivity contribution in [1.29, 1.82) is 5.26 Å². The van der Waals surface area contributed by atoms with Gasteiger partial charge in [-0.3, -0.25) is 9.36 Å². The van der Waals surface area contributed by atoms with E-state index in [-0.39, 0.29) is 42.4 Å². The van der Waals surface area contributed by atoms with Gasteiger partial charge in [0.15, 0.2) is 23.5 Å². The maximum atomic E-state index is 13.8. The number of hydrogen-bond acceptors (Lipinski definition) is 13. The lowest BCUT2D eigenvalue weighted by Crippen LogP contribution is -2.40. The predicted molar refractivity (Wildman–Crippen MR) is 236 cm³/mol. The van der Waals surface area contributed by atoms with Gasteiger partial charge in [0, 0.05) is 25.2 Å². The molecule has 1 aliphatic heterocycles. The Balaban J connectivity index is 1.73. The Kier molecular flexibility index (Phi) is 18.4. The number of amides is 1. The summed E-state index contributed by atoms with van der Waals surface area (Å²) in [6, 6.07) is 26.0. The third-order valence-electron chi connectivity index (χ3n) is 10.3. The molecule has 1 amide bonds. The number of anilines is 1. The number of carbonyl (C=O) groups is 1. The van der Waals surface area contributed by atoms with Crippen molar-refractivity contribution in [1.82, 2.24) is 14.2 Å². The van der Waals surface area contributed by atoms with E-state index in [0.29, 0.717) is 28.2 Å². The van der Waals surface area contributed by atoms with Crippen LogP contribution in [0.3, 0.4) is 0 Å². The molecule has 0 fully saturated rings. The van der Waals surface area contributed by atoms with Crippen molar-refractivity contribution in [3.8, 4) is 17.6 Å². The van der Waals surface area contributed by atoms with Gasteiger partial charge in [0.2, 0.25) is 12.1 Å². The molecule has 1 N–H and O–H groups in total. The van der Waals surface area contributed by atoms with Gasteiger partial charge in [0.25, 0.3) is 0 Å². The molecule has 3 aromatic carbocycles. The molecule has 2 heterocycles. The number of nitrogens with one attached hydrogen (secondary N) is 1. The molecule has 368 valence electrons. The highest BCUT2D eigenvalue weighted by Gasteiger charge is 2.57. The number of nitriles is 1. The minimum Gasteiger partial charge on any atom is -0.497 e. The van der Waals surface area contributed by atoms with Crippen LogP contribution in [0.15, 0.2) is 107 Å². The minimum absolute atomic E-state index is 0.0568. The molecule has 3 atom stereocenters. The fourth-order valence-electron chi connectivity index (χ4n) is 7.26. The van der Waals surface area contributed by atoms with E-state index in [2.05, 4.69) is 10.3 Å². The molecule has 15 nitrogen and oxygen atoms in total. The zero-order chi connectivity index (χ0) is 49.8. The summed E-state index contributed by atoms with van der Waals surface area (Å²) in [4.78, 5) is 29.6. The van der Waals surface area contributed by atoms with Crippen LogP contribution in [0.1, 0.15) is 64.0 Å². The summed E-state index contributed by atoms with van der Waals surface area (Å²) in [7, 11) is 0.794. The van der Waals surface area contributed by atoms with Gasteiger partial charge in [-0.1, -0.05) is 54.6 Å². The van der Waals surface area contributed by atoms with E-state index in [4.69, 9.17) is 37.5 Å². The Labute approximate surface area is 390 Å². The predicted octanol–water partition coefficient (Wildman–Crippen LogP) is 9.36. The van der Waals surface area contributed by atoms with Crippen LogP contribution in [-0.2, 0) is 38.4 Å². The van der Waals surface area contributed by atoms with Gasteiger partial charge in [-0.15, -0.1) is 0 Å². The van der Waals surface area contributed by atoms with E-state index < -0.39 is 76.3 Å². The van der Waals surface area contributed by atoms with E-state index in [0.717, 1.165) is 4.57 Å². The molecule has 0 spiro atoms. The van der Waals surface area contributed by atoms with E-state index >= 15 is 0 Å². The second-order valence-electron chi connectivity index (χ2n) is 15.6. The Morgan fingerprint density at radius 1 is 0.882 bits per heavy atom. The molecule has 0 bridgehead atoms. The van der Waals surface area contributed by atoms with Crippen LogP contribution in [-0.4, -0.2) is 91.5 Å². The first-order valence-corrected chi connectivity index (χ1v) is 22.2. The maximum Gasteiger partial charge on any atom is 0.402 e. The van der Waals surface area contributed by atoms with Gasteiger partial charge in [0.1, 0.15) is 36.3 Å². The molecule has 22 heteroatoms. The average molecular weight is 980 g/mol. The summed E-state index contributed by atoms with van der Waals surface area (Å²) in [5, 5.41) is 11.8. The van der Waals surface area contributed by atoms with Crippen LogP contribution in [0.4, 0.5) is 32.2 Å². The first-order chi connectivity index (χ1) is 32.2. The Bertz CT molecular complexity index is 2330. The monoisotopic (exact) mass is 979 g/mol. The van der Waals surface area contributed by atoms with E-state index in [9.17, 15) is 41.2 Å². The summed E-state index contributed by atoms with van der Waals surface area (Å²) < 4.78 is 133. The van der Waals surface area contributed by atoms with Crippen molar-refractivity contribution in [3.63, 3.8) is 0 Å². The number of rotatable bonds is 23. The van der Waals surface area contributed by atoms with E-state index in [1.807, 2.05) is 68.8 Å². The lowest BCUT2D eigenvalue weighted by molar-refractivity contribution is -0.299. The Hall–Kier alpha value is -5.75. The quantitative estimate of drug-likeness (QED) is 0.0246. The fraction of sp³-hybridized carbons (Fsp3) is 0.435. The third kappa shape index (κ3) is 13.1. The SMILES string of the molecule is COc1ccc(C(OCC2=C(OP(OCCC#N)N(C(C)C)C(C)C)C(OCOCC(C(F)(F)F)C(F)(F)F)[C@H](n3ccc(NC(C)=O)nc3=O)O2)(c2ccccc2)c2ccc(OC)cc2)cc1. The number of ether oxygens (including phenoxy) is 6. The number of nitrogens with zero attached hydrogens (tertiary/aromatic N) is 4. The molecule has 5 rings (SSSR count). The fourth-order valence-corrected chi connectivity index (χ4v) is 8.91. The normalized spacial score (nSPS) is 16.0. The summed E-state index contributed by atoms with van der Waals surface area (Å²) in [6.07, 6.45) is -13.6. The molecule has 1 aromatic heterocycles. The number of hydrogen-bond donors (Lipinski definition) is 1. The number of methoxy groups -OCH3 is 2. The lowest BCUT2D eigenvalue weighted by Gasteiger charge is -2.37. The van der Waals surface area contributed by atoms with Crippen molar-refractivity contribution in [2.45, 2.75) is 83.4 Å². The van der Waals surface area contributed by atoms with Crippen LogP contribution < -0.4 is 20.5 Å². The van der Waals surface area contributed by atoms with Crippen molar-refractivity contribution in [2.75, 3.05) is 46.1 Å². The van der Waals surface area contributed by atoms with Gasteiger partial charge in [-0.05, 0) is 74.7 Å². The number of alkyl halides is 6. The van der Waals surface area contributed by atoms with Crippen molar-refractivity contribution < 1.29 is 68.6 Å². The van der Waals surface area contributed by atoms with Gasteiger partial charge in [-0.2, -0.15) is 36.6 Å². The van der Waals surface area contributed by atoms with E-state index in [1.165, 1.54) is 33.4 Å². The summed E-state index contributed by atoms with van der Waals surface area (Å²) in [5.41, 5.74) is -0.685. The Morgan fingerprint density at radius 3 is 1.93 bits per heavy atom. The van der Waals surface area contributed by atoms with Gasteiger partial charge >= 0.3 is 26.6 Å². The first kappa shape index (κ1) is 53.2. The zero-order valence-corrected chi connectivity index (χ0v) is 39.1. The molecule has 68 heavy (non-hydrogen) atoms. The van der Waals surface area contributed by atoms with Gasteiger partial charge in [0.05, 0.1) is 39.9 Å². The number of carbonyl (C=O) groups excluding carboxylic acids is 1. The number of halogens is 6. The maximum absolute atomic E-state index is 13.8. The molecule has 0 radical (unpaired) electrons. The molecule has 0 aliphatic carbocycles. The molecule has 0 saturated carbocycles. The minimum atomic E-state index is -5.71. The van der Waals surface area contributed by atoms with E-state index in [1.54, 1.807) is 48.5 Å². The molecular formula is C46H52F6N5O10P. The highest BCUT2D eigenvalue weighted by Crippen LogP contribution is 2.52. The smallest absolute Gasteiger partial charge is 0.402 e. The highest BCUT2D eigenvalue weighted by molar-refractivity contribution is 7.44. The second kappa shape index (κ2) is 23.5. The average Bonchev–Trinajstić information content (AvgIpc) is 3.61. The first-order valence-electron chi connectivity index (χ1n) is 21.1. The molecule has 2 unspecified atom stereocenters. The number of aromatic nitrogens is 2. The third-order valence-corrected chi connectivity index (χ3v) is 12.4. The lowest BCUT2D eigenvalue weighted by atomic mass is 9.80. The summed E-state index contributed by atoms with van der Waals surface area (Å²) in [5.74, 6) is -3.84. The molecule has 1 aliphatic rings. The van der Waals surface area contributed by atoms with Gasteiger partial charge < -0.3 is 42.8 Å². The topological polar surface area (TPSA) is 165 Å². The Morgan fingerprint density at radius 2 is 1.44 bits per heavy atom. The van der Waals surface area contributed by atoms with Crippen molar-refractivity contribution >= 4 is 20.3 Å². The molecular weight excluding hydrogens is 927 g/mol. The zero-order valence-electron chi connectivity index (χ0n) is 38.2. The van der Waals surface area contributed by atoms with Crippen molar-refractivity contribution in [3.05, 3.63) is 130 Å². The van der Waals surface area contributed by atoms with Crippen LogP contribution in [0.2, 0.25) is 0 Å². The molecule has 0 saturated heterocycles. The van der Waals surface area contributed by atoms with Crippen molar-refractivity contribution in [2.24, 2.45) is 5.92 Å². The second-order valence-corrected chi connectivity index (χ2v) is 17.0. The van der Waals surface area contributed by atoms with Gasteiger partial charge in [-0.25, -0.2) is 9.46 Å². The summed E-state index contributed by atoms with van der Waals surface area (Å²) in [6.45, 7) is 4.94. The van der Waals surface area contributed by atoms with Crippen LogP contribution in [0.5, 0.6) is 11.5 Å².